The third-order valence-corrected chi connectivity index (χ3v) is 6.08. The molecule has 5 heteroatoms. The Morgan fingerprint density at radius 1 is 0.909 bits per heavy atom. The zero-order valence-electron chi connectivity index (χ0n) is 20.0. The van der Waals surface area contributed by atoms with Crippen LogP contribution < -0.4 is 9.47 Å². The molecule has 0 heterocycles. The summed E-state index contributed by atoms with van der Waals surface area (Å²) in [6.07, 6.45) is 8.35. The summed E-state index contributed by atoms with van der Waals surface area (Å²) in [5.41, 5.74) is 4.22. The number of ether oxygens (including phenoxy) is 3. The zero-order valence-corrected chi connectivity index (χ0v) is 20.0. The van der Waals surface area contributed by atoms with Crippen molar-refractivity contribution in [2.24, 2.45) is 0 Å². The van der Waals surface area contributed by atoms with Gasteiger partial charge in [0.1, 0.15) is 11.5 Å². The molecule has 2 aromatic carbocycles. The summed E-state index contributed by atoms with van der Waals surface area (Å²) in [5, 5.41) is 0. The minimum absolute atomic E-state index is 0.212. The first-order valence-electron chi connectivity index (χ1n) is 12.2. The molecule has 0 aliphatic heterocycles. The third kappa shape index (κ3) is 7.08. The summed E-state index contributed by atoms with van der Waals surface area (Å²) < 4.78 is 17.0. The van der Waals surface area contributed by atoms with Crippen LogP contribution in [0.2, 0.25) is 0 Å². The first-order valence-corrected chi connectivity index (χ1v) is 12.2. The molecular weight excluding hydrogens is 416 g/mol. The number of aryl methyl sites for hydroxylation is 2. The number of esters is 1. The lowest BCUT2D eigenvalue weighted by Gasteiger charge is -2.21. The van der Waals surface area contributed by atoms with Crippen LogP contribution >= 0.6 is 0 Å². The highest BCUT2D eigenvalue weighted by Gasteiger charge is 2.22. The molecule has 0 radical (unpaired) electrons. The van der Waals surface area contributed by atoms with E-state index in [1.54, 1.807) is 0 Å². The maximum atomic E-state index is 12.3. The van der Waals surface area contributed by atoms with Crippen molar-refractivity contribution >= 4 is 11.8 Å². The van der Waals surface area contributed by atoms with Crippen molar-refractivity contribution in [1.29, 1.82) is 0 Å². The summed E-state index contributed by atoms with van der Waals surface area (Å²) in [7, 11) is 1.41. The molecule has 1 aliphatic rings. The van der Waals surface area contributed by atoms with Crippen molar-refractivity contribution in [2.45, 2.75) is 71.1 Å². The van der Waals surface area contributed by atoms with Gasteiger partial charge >= 0.3 is 5.97 Å². The number of hydrogen-bond donors (Lipinski definition) is 0. The number of ketones is 1. The zero-order chi connectivity index (χ0) is 23.5. The van der Waals surface area contributed by atoms with Crippen LogP contribution in [-0.2, 0) is 28.8 Å². The van der Waals surface area contributed by atoms with Gasteiger partial charge in [-0.05, 0) is 62.1 Å². The van der Waals surface area contributed by atoms with E-state index in [0.29, 0.717) is 32.5 Å². The van der Waals surface area contributed by atoms with Crippen LogP contribution in [0.4, 0.5) is 0 Å². The molecular formula is C28H36O5. The van der Waals surface area contributed by atoms with Gasteiger partial charge in [-0.1, -0.05) is 43.7 Å². The van der Waals surface area contributed by atoms with E-state index < -0.39 is 0 Å². The fourth-order valence-electron chi connectivity index (χ4n) is 4.32. The van der Waals surface area contributed by atoms with E-state index in [9.17, 15) is 9.59 Å². The van der Waals surface area contributed by atoms with Gasteiger partial charge in [0.25, 0.3) is 0 Å². The van der Waals surface area contributed by atoms with E-state index in [-0.39, 0.29) is 11.8 Å². The molecule has 2 aromatic rings. The van der Waals surface area contributed by atoms with E-state index in [1.807, 2.05) is 30.3 Å². The number of fused-ring (bicyclic) bond motifs is 1. The lowest BCUT2D eigenvalue weighted by atomic mass is 9.87. The van der Waals surface area contributed by atoms with E-state index in [4.69, 9.17) is 14.2 Å². The van der Waals surface area contributed by atoms with Gasteiger partial charge in [-0.25, -0.2) is 0 Å². The quantitative estimate of drug-likeness (QED) is 0.280. The van der Waals surface area contributed by atoms with Crippen LogP contribution in [0, 0.1) is 0 Å². The van der Waals surface area contributed by atoms with Gasteiger partial charge in [0.05, 0.1) is 20.3 Å². The second-order valence-corrected chi connectivity index (χ2v) is 8.55. The molecule has 33 heavy (non-hydrogen) atoms. The van der Waals surface area contributed by atoms with Gasteiger partial charge in [-0.2, -0.15) is 0 Å². The number of rotatable bonds is 13. The first-order chi connectivity index (χ1) is 16.1. The van der Waals surface area contributed by atoms with Gasteiger partial charge in [-0.3, -0.25) is 9.59 Å². The highest BCUT2D eigenvalue weighted by atomic mass is 16.5. The van der Waals surface area contributed by atoms with Gasteiger partial charge < -0.3 is 14.2 Å². The van der Waals surface area contributed by atoms with Crippen LogP contribution in [0.5, 0.6) is 11.5 Å². The Hall–Kier alpha value is -2.82. The molecule has 0 saturated carbocycles. The summed E-state index contributed by atoms with van der Waals surface area (Å²) in [5.74, 6) is 1.82. The fraction of sp³-hybridized carbons (Fsp3) is 0.500. The van der Waals surface area contributed by atoms with E-state index in [2.05, 4.69) is 13.0 Å². The fourth-order valence-corrected chi connectivity index (χ4v) is 4.32. The molecule has 0 aromatic heterocycles. The molecule has 0 spiro atoms. The Bertz CT molecular complexity index is 934. The molecule has 0 bridgehead atoms. The highest BCUT2D eigenvalue weighted by molar-refractivity contribution is 5.99. The molecule has 0 saturated heterocycles. The summed E-state index contributed by atoms with van der Waals surface area (Å²) in [6.45, 7) is 3.45. The van der Waals surface area contributed by atoms with Crippen LogP contribution in [0.1, 0.15) is 78.9 Å². The monoisotopic (exact) mass is 452 g/mol. The van der Waals surface area contributed by atoms with Gasteiger partial charge in [0.2, 0.25) is 0 Å². The molecule has 3 rings (SSSR count). The number of unbranched alkanes of at least 4 members (excludes halogenated alkanes) is 2. The summed E-state index contributed by atoms with van der Waals surface area (Å²) in [6, 6.07) is 11.9. The second-order valence-electron chi connectivity index (χ2n) is 8.55. The average molecular weight is 453 g/mol. The molecule has 178 valence electrons. The van der Waals surface area contributed by atoms with Crippen LogP contribution in [0.15, 0.2) is 36.4 Å². The van der Waals surface area contributed by atoms with Crippen molar-refractivity contribution in [2.75, 3.05) is 20.3 Å². The predicted octanol–water partition coefficient (Wildman–Crippen LogP) is 5.89. The lowest BCUT2D eigenvalue weighted by Crippen LogP contribution is -2.14. The molecule has 5 nitrogen and oxygen atoms in total. The molecule has 0 amide bonds. The molecule has 0 fully saturated rings. The number of hydrogen-bond acceptors (Lipinski definition) is 5. The Morgan fingerprint density at radius 3 is 2.48 bits per heavy atom. The molecule has 1 aliphatic carbocycles. The van der Waals surface area contributed by atoms with Crippen molar-refractivity contribution < 1.29 is 23.8 Å². The van der Waals surface area contributed by atoms with Crippen molar-refractivity contribution in [3.63, 3.8) is 0 Å². The molecule has 0 atom stereocenters. The Balaban J connectivity index is 1.44. The van der Waals surface area contributed by atoms with Crippen LogP contribution in [0.25, 0.3) is 0 Å². The minimum atomic E-state index is -0.212. The number of benzene rings is 2. The van der Waals surface area contributed by atoms with Crippen molar-refractivity contribution in [3.05, 3.63) is 58.7 Å². The highest BCUT2D eigenvalue weighted by Crippen LogP contribution is 2.34. The third-order valence-electron chi connectivity index (χ3n) is 6.08. The van der Waals surface area contributed by atoms with E-state index in [0.717, 1.165) is 73.1 Å². The lowest BCUT2D eigenvalue weighted by molar-refractivity contribution is -0.140. The predicted molar refractivity (Wildman–Crippen MR) is 129 cm³/mol. The summed E-state index contributed by atoms with van der Waals surface area (Å²) in [4.78, 5) is 23.7. The van der Waals surface area contributed by atoms with E-state index >= 15 is 0 Å². The van der Waals surface area contributed by atoms with Crippen LogP contribution in [-0.4, -0.2) is 32.1 Å². The minimum Gasteiger partial charge on any atom is -0.493 e. The van der Waals surface area contributed by atoms with Gasteiger partial charge in [0.15, 0.2) is 5.78 Å². The maximum absolute atomic E-state index is 12.3. The number of Topliss-reactive ketones (excluding diaryl/α,β-unsaturated/α-hetero) is 1. The second kappa shape index (κ2) is 13.0. The van der Waals surface area contributed by atoms with Gasteiger partial charge in [0, 0.05) is 24.0 Å². The average Bonchev–Trinajstić information content (AvgIpc) is 2.83. The smallest absolute Gasteiger partial charge is 0.305 e. The first kappa shape index (κ1) is 24.8. The van der Waals surface area contributed by atoms with Crippen molar-refractivity contribution in [3.8, 4) is 11.5 Å². The Kier molecular flexibility index (Phi) is 9.79. The maximum Gasteiger partial charge on any atom is 0.305 e. The topological polar surface area (TPSA) is 61.8 Å². The number of para-hydroxylation sites is 1. The molecule has 0 N–H and O–H groups in total. The number of carbonyl (C=O) groups is 2. The van der Waals surface area contributed by atoms with Gasteiger partial charge in [-0.15, -0.1) is 0 Å². The standard InChI is InChI=1S/C28H36O5/c1-3-10-22-15-17-23-24(12-9-13-25(23)29)28(22)33-20-8-4-7-19-32-26-14-6-5-11-21(26)16-18-27(30)31-2/h5-6,11,14-15,17H,3-4,7-10,12-13,16,18-20H2,1-2H3. The largest absolute Gasteiger partial charge is 0.493 e. The van der Waals surface area contributed by atoms with Crippen molar-refractivity contribution in [1.82, 2.24) is 0 Å². The van der Waals surface area contributed by atoms with E-state index in [1.165, 1.54) is 12.7 Å². The molecule has 0 unspecified atom stereocenters. The normalized spacial score (nSPS) is 12.8. The Labute approximate surface area is 197 Å². The summed E-state index contributed by atoms with van der Waals surface area (Å²) >= 11 is 0. The Morgan fingerprint density at radius 2 is 1.70 bits per heavy atom. The number of methoxy groups -OCH3 is 1. The SMILES string of the molecule is CCCc1ccc2c(c1OCCCCCOc1ccccc1CCC(=O)OC)CCCC2=O. The number of carbonyl (C=O) groups excluding carboxylic acids is 2. The van der Waals surface area contributed by atoms with Crippen LogP contribution in [0.3, 0.4) is 0 Å².